The van der Waals surface area contributed by atoms with Crippen LogP contribution in [0, 0.1) is 0 Å². The normalized spacial score (nSPS) is 19.8. The number of rotatable bonds is 6. The molecule has 2 atom stereocenters. The predicted molar refractivity (Wildman–Crippen MR) is 104 cm³/mol. The standard InChI is InChI=1S/C20H27N5O2/c1-21-18(26)11-15-9-10-16(24(15)2)12-23-20(27)17-13-22-19(25(17)3)14-7-5-4-6-8-14/h4-8,13,15-16H,9-12H2,1-3H3,(H,21,26)(H,23,27)/t15-,16+/m1/s1. The zero-order valence-corrected chi connectivity index (χ0v) is 16.1. The van der Waals surface area contributed by atoms with Crippen molar-refractivity contribution in [1.82, 2.24) is 25.1 Å². The van der Waals surface area contributed by atoms with E-state index in [1.165, 1.54) is 0 Å². The van der Waals surface area contributed by atoms with Gasteiger partial charge in [0, 0.05) is 44.7 Å². The molecule has 0 spiro atoms. The summed E-state index contributed by atoms with van der Waals surface area (Å²) in [5.41, 5.74) is 1.52. The molecule has 7 nitrogen and oxygen atoms in total. The van der Waals surface area contributed by atoms with Crippen molar-refractivity contribution in [1.29, 1.82) is 0 Å². The first-order valence-electron chi connectivity index (χ1n) is 9.29. The topological polar surface area (TPSA) is 79.3 Å². The average molecular weight is 369 g/mol. The second-order valence-corrected chi connectivity index (χ2v) is 7.03. The van der Waals surface area contributed by atoms with Gasteiger partial charge in [0.1, 0.15) is 11.5 Å². The minimum Gasteiger partial charge on any atom is -0.359 e. The van der Waals surface area contributed by atoms with Gasteiger partial charge in [0.05, 0.1) is 6.20 Å². The summed E-state index contributed by atoms with van der Waals surface area (Å²) in [4.78, 5) is 30.8. The highest BCUT2D eigenvalue weighted by Crippen LogP contribution is 2.24. The minimum absolute atomic E-state index is 0.0554. The van der Waals surface area contributed by atoms with Crippen LogP contribution in [0.15, 0.2) is 36.5 Å². The number of benzene rings is 1. The highest BCUT2D eigenvalue weighted by Gasteiger charge is 2.31. The molecule has 1 aliphatic rings. The van der Waals surface area contributed by atoms with Crippen molar-refractivity contribution >= 4 is 11.8 Å². The minimum atomic E-state index is -0.129. The number of carbonyl (C=O) groups is 2. The van der Waals surface area contributed by atoms with E-state index in [2.05, 4.69) is 20.5 Å². The van der Waals surface area contributed by atoms with Gasteiger partial charge in [0.15, 0.2) is 0 Å². The Kier molecular flexibility index (Phi) is 5.91. The van der Waals surface area contributed by atoms with Crippen LogP contribution >= 0.6 is 0 Å². The molecule has 0 saturated carbocycles. The molecule has 1 aromatic heterocycles. The van der Waals surface area contributed by atoms with Crippen molar-refractivity contribution in [3.63, 3.8) is 0 Å². The fraction of sp³-hybridized carbons (Fsp3) is 0.450. The molecule has 0 bridgehead atoms. The summed E-state index contributed by atoms with van der Waals surface area (Å²) in [7, 11) is 5.53. The summed E-state index contributed by atoms with van der Waals surface area (Å²) >= 11 is 0. The van der Waals surface area contributed by atoms with Crippen LogP contribution < -0.4 is 10.6 Å². The molecular weight excluding hydrogens is 342 g/mol. The molecule has 7 heteroatoms. The van der Waals surface area contributed by atoms with E-state index in [0.29, 0.717) is 18.7 Å². The van der Waals surface area contributed by atoms with Crippen molar-refractivity contribution in [3.05, 3.63) is 42.2 Å². The van der Waals surface area contributed by atoms with Crippen LogP contribution in [0.2, 0.25) is 0 Å². The first-order valence-corrected chi connectivity index (χ1v) is 9.29. The highest BCUT2D eigenvalue weighted by atomic mass is 16.2. The van der Waals surface area contributed by atoms with Gasteiger partial charge in [-0.15, -0.1) is 0 Å². The van der Waals surface area contributed by atoms with Gasteiger partial charge in [-0.05, 0) is 19.9 Å². The van der Waals surface area contributed by atoms with Crippen molar-refractivity contribution in [3.8, 4) is 11.4 Å². The van der Waals surface area contributed by atoms with Crippen LogP contribution in [-0.2, 0) is 11.8 Å². The third-order valence-corrected chi connectivity index (χ3v) is 5.44. The van der Waals surface area contributed by atoms with Crippen LogP contribution in [0.5, 0.6) is 0 Å². The molecule has 1 aromatic carbocycles. The monoisotopic (exact) mass is 369 g/mol. The molecule has 1 fully saturated rings. The third-order valence-electron chi connectivity index (χ3n) is 5.44. The number of nitrogens with zero attached hydrogens (tertiary/aromatic N) is 3. The van der Waals surface area contributed by atoms with Gasteiger partial charge in [-0.25, -0.2) is 4.98 Å². The van der Waals surface area contributed by atoms with E-state index in [1.54, 1.807) is 13.2 Å². The number of likely N-dealkylation sites (tertiary alicyclic amines) is 1. The second-order valence-electron chi connectivity index (χ2n) is 7.03. The van der Waals surface area contributed by atoms with Gasteiger partial charge >= 0.3 is 0 Å². The average Bonchev–Trinajstić information content (AvgIpc) is 3.23. The van der Waals surface area contributed by atoms with Gasteiger partial charge in [-0.2, -0.15) is 0 Å². The molecule has 27 heavy (non-hydrogen) atoms. The van der Waals surface area contributed by atoms with Crippen molar-refractivity contribution in [2.45, 2.75) is 31.3 Å². The lowest BCUT2D eigenvalue weighted by Crippen LogP contribution is -2.42. The molecule has 1 saturated heterocycles. The maximum absolute atomic E-state index is 12.6. The van der Waals surface area contributed by atoms with Crippen molar-refractivity contribution in [2.24, 2.45) is 7.05 Å². The van der Waals surface area contributed by atoms with Gasteiger partial charge < -0.3 is 15.2 Å². The van der Waals surface area contributed by atoms with Gasteiger partial charge in [0.25, 0.3) is 5.91 Å². The van der Waals surface area contributed by atoms with E-state index in [9.17, 15) is 9.59 Å². The van der Waals surface area contributed by atoms with Crippen LogP contribution in [0.3, 0.4) is 0 Å². The molecule has 2 N–H and O–H groups in total. The molecule has 3 rings (SSSR count). The molecular formula is C20H27N5O2. The Morgan fingerprint density at radius 1 is 1.15 bits per heavy atom. The SMILES string of the molecule is CNC(=O)C[C@H]1CC[C@@H](CNC(=O)c2cnc(-c3ccccc3)n2C)N1C. The number of hydrogen-bond acceptors (Lipinski definition) is 4. The van der Waals surface area contributed by atoms with E-state index in [0.717, 1.165) is 24.2 Å². The lowest BCUT2D eigenvalue weighted by Gasteiger charge is -2.25. The summed E-state index contributed by atoms with van der Waals surface area (Å²) in [6.45, 7) is 0.561. The fourth-order valence-electron chi connectivity index (χ4n) is 3.68. The van der Waals surface area contributed by atoms with Crippen LogP contribution in [0.1, 0.15) is 29.8 Å². The van der Waals surface area contributed by atoms with Crippen LogP contribution in [-0.4, -0.2) is 59.0 Å². The van der Waals surface area contributed by atoms with Crippen LogP contribution in [0.25, 0.3) is 11.4 Å². The van der Waals surface area contributed by atoms with Crippen LogP contribution in [0.4, 0.5) is 0 Å². The van der Waals surface area contributed by atoms with Gasteiger partial charge in [-0.3, -0.25) is 14.5 Å². The Labute approximate surface area is 159 Å². The Bertz CT molecular complexity index is 802. The summed E-state index contributed by atoms with van der Waals surface area (Å²) < 4.78 is 1.82. The van der Waals surface area contributed by atoms with Crippen molar-refractivity contribution < 1.29 is 9.59 Å². The number of carbonyl (C=O) groups excluding carboxylic acids is 2. The lowest BCUT2D eigenvalue weighted by atomic mass is 10.1. The molecule has 0 radical (unpaired) electrons. The number of likely N-dealkylation sites (N-methyl/N-ethyl adjacent to an activating group) is 1. The largest absolute Gasteiger partial charge is 0.359 e. The summed E-state index contributed by atoms with van der Waals surface area (Å²) in [5.74, 6) is 0.694. The first-order chi connectivity index (χ1) is 13.0. The predicted octanol–water partition coefficient (Wildman–Crippen LogP) is 1.42. The molecule has 2 amide bonds. The van der Waals surface area contributed by atoms with E-state index in [4.69, 9.17) is 0 Å². The number of imidazole rings is 1. The second kappa shape index (κ2) is 8.35. The Balaban J connectivity index is 1.59. The summed E-state index contributed by atoms with van der Waals surface area (Å²) in [5, 5.41) is 5.70. The molecule has 1 aliphatic heterocycles. The number of amides is 2. The Morgan fingerprint density at radius 3 is 2.56 bits per heavy atom. The van der Waals surface area contributed by atoms with E-state index in [-0.39, 0.29) is 23.9 Å². The van der Waals surface area contributed by atoms with E-state index in [1.807, 2.05) is 49.0 Å². The quantitative estimate of drug-likeness (QED) is 0.807. The summed E-state index contributed by atoms with van der Waals surface area (Å²) in [6, 6.07) is 10.3. The van der Waals surface area contributed by atoms with Crippen molar-refractivity contribution in [2.75, 3.05) is 20.6 Å². The third kappa shape index (κ3) is 4.19. The number of aromatic nitrogens is 2. The van der Waals surface area contributed by atoms with Gasteiger partial charge in [-0.1, -0.05) is 30.3 Å². The smallest absolute Gasteiger partial charge is 0.269 e. The maximum Gasteiger partial charge on any atom is 0.269 e. The molecule has 0 unspecified atom stereocenters. The van der Waals surface area contributed by atoms with E-state index < -0.39 is 0 Å². The molecule has 2 aromatic rings. The molecule has 0 aliphatic carbocycles. The van der Waals surface area contributed by atoms with Gasteiger partial charge in [0.2, 0.25) is 5.91 Å². The Morgan fingerprint density at radius 2 is 1.85 bits per heavy atom. The summed E-state index contributed by atoms with van der Waals surface area (Å²) in [6.07, 6.45) is 4.05. The lowest BCUT2D eigenvalue weighted by molar-refractivity contribution is -0.121. The molecule has 2 heterocycles. The maximum atomic E-state index is 12.6. The first kappa shape index (κ1) is 19.1. The van der Waals surface area contributed by atoms with E-state index >= 15 is 0 Å². The zero-order valence-electron chi connectivity index (χ0n) is 16.1. The Hall–Kier alpha value is -2.67. The molecule has 144 valence electrons. The highest BCUT2D eigenvalue weighted by molar-refractivity contribution is 5.93. The number of hydrogen-bond donors (Lipinski definition) is 2. The zero-order chi connectivity index (χ0) is 19.4. The number of nitrogens with one attached hydrogen (secondary N) is 2. The fourth-order valence-corrected chi connectivity index (χ4v) is 3.68.